The van der Waals surface area contributed by atoms with Gasteiger partial charge in [0.25, 0.3) is 0 Å². The standard InChI is InChI=1S/C13H17FN2OS.ClH/c1-2-16(13(17)12-8-18-9-15-12)7-10-4-3-5-11(14)6-10;/h3-6,12,15H,2,7-9H2,1H3;1H. The first-order chi connectivity index (χ1) is 8.70. The van der Waals surface area contributed by atoms with E-state index in [0.29, 0.717) is 13.1 Å². The van der Waals surface area contributed by atoms with Crippen molar-refractivity contribution in [2.24, 2.45) is 0 Å². The Morgan fingerprint density at radius 1 is 1.58 bits per heavy atom. The molecule has 106 valence electrons. The summed E-state index contributed by atoms with van der Waals surface area (Å²) < 4.78 is 13.1. The summed E-state index contributed by atoms with van der Waals surface area (Å²) in [4.78, 5) is 14.0. The van der Waals surface area contributed by atoms with E-state index in [1.165, 1.54) is 12.1 Å². The summed E-state index contributed by atoms with van der Waals surface area (Å²) in [6.07, 6.45) is 0. The molecule has 1 unspecified atom stereocenters. The fraction of sp³-hybridized carbons (Fsp3) is 0.462. The Bertz CT molecular complexity index is 427. The molecule has 0 radical (unpaired) electrons. The minimum Gasteiger partial charge on any atom is -0.337 e. The average molecular weight is 305 g/mol. The topological polar surface area (TPSA) is 32.3 Å². The molecule has 1 atom stereocenters. The lowest BCUT2D eigenvalue weighted by molar-refractivity contribution is -0.133. The lowest BCUT2D eigenvalue weighted by Gasteiger charge is -2.24. The van der Waals surface area contributed by atoms with Crippen LogP contribution in [0.3, 0.4) is 0 Å². The zero-order valence-electron chi connectivity index (χ0n) is 10.8. The molecule has 1 N–H and O–H groups in total. The van der Waals surface area contributed by atoms with Crippen molar-refractivity contribution in [1.29, 1.82) is 0 Å². The molecule has 1 heterocycles. The Morgan fingerprint density at radius 3 is 2.95 bits per heavy atom. The highest BCUT2D eigenvalue weighted by Gasteiger charge is 2.26. The number of likely N-dealkylation sites (N-methyl/N-ethyl adjacent to an activating group) is 1. The third-order valence-corrected chi connectivity index (χ3v) is 3.91. The molecule has 1 aliphatic rings. The maximum Gasteiger partial charge on any atom is 0.240 e. The molecule has 1 aromatic rings. The van der Waals surface area contributed by atoms with Crippen molar-refractivity contribution in [3.63, 3.8) is 0 Å². The van der Waals surface area contributed by atoms with Gasteiger partial charge in [-0.15, -0.1) is 24.2 Å². The predicted molar refractivity (Wildman–Crippen MR) is 79.0 cm³/mol. The molecule has 0 aromatic heterocycles. The molecular weight excluding hydrogens is 287 g/mol. The molecule has 1 amide bonds. The Labute approximate surface area is 123 Å². The fourth-order valence-electron chi connectivity index (χ4n) is 1.98. The van der Waals surface area contributed by atoms with Gasteiger partial charge in [0, 0.05) is 24.7 Å². The van der Waals surface area contributed by atoms with E-state index >= 15 is 0 Å². The Balaban J connectivity index is 0.00000180. The molecule has 0 aliphatic carbocycles. The van der Waals surface area contributed by atoms with Crippen LogP contribution >= 0.6 is 24.2 Å². The number of thioether (sulfide) groups is 1. The van der Waals surface area contributed by atoms with Gasteiger partial charge in [-0.25, -0.2) is 4.39 Å². The van der Waals surface area contributed by atoms with E-state index in [1.54, 1.807) is 22.7 Å². The highest BCUT2D eigenvalue weighted by Crippen LogP contribution is 2.14. The van der Waals surface area contributed by atoms with E-state index in [-0.39, 0.29) is 30.2 Å². The number of nitrogens with one attached hydrogen (secondary N) is 1. The van der Waals surface area contributed by atoms with Gasteiger partial charge in [0.05, 0.1) is 6.04 Å². The maximum absolute atomic E-state index is 13.1. The SMILES string of the molecule is CCN(Cc1cccc(F)c1)C(=O)C1CSCN1.Cl. The van der Waals surface area contributed by atoms with Crippen molar-refractivity contribution in [3.05, 3.63) is 35.6 Å². The predicted octanol–water partition coefficient (Wildman–Crippen LogP) is 2.26. The van der Waals surface area contributed by atoms with Crippen LogP contribution in [-0.2, 0) is 11.3 Å². The van der Waals surface area contributed by atoms with Crippen LogP contribution < -0.4 is 5.32 Å². The van der Waals surface area contributed by atoms with Crippen LogP contribution in [0.4, 0.5) is 4.39 Å². The van der Waals surface area contributed by atoms with E-state index in [2.05, 4.69) is 5.32 Å². The lowest BCUT2D eigenvalue weighted by atomic mass is 10.2. The number of hydrogen-bond acceptors (Lipinski definition) is 3. The number of rotatable bonds is 4. The highest BCUT2D eigenvalue weighted by atomic mass is 35.5. The normalized spacial score (nSPS) is 17.9. The Morgan fingerprint density at radius 2 is 2.37 bits per heavy atom. The van der Waals surface area contributed by atoms with Gasteiger partial charge in [0.2, 0.25) is 5.91 Å². The molecule has 6 heteroatoms. The first-order valence-electron chi connectivity index (χ1n) is 6.05. The number of halogens is 2. The second kappa shape index (κ2) is 7.72. The number of carbonyl (C=O) groups is 1. The third kappa shape index (κ3) is 4.37. The highest BCUT2D eigenvalue weighted by molar-refractivity contribution is 7.99. The first kappa shape index (κ1) is 16.3. The van der Waals surface area contributed by atoms with Crippen molar-refractivity contribution in [3.8, 4) is 0 Å². The number of nitrogens with zero attached hydrogens (tertiary/aromatic N) is 1. The van der Waals surface area contributed by atoms with Crippen LogP contribution in [0.1, 0.15) is 12.5 Å². The summed E-state index contributed by atoms with van der Waals surface area (Å²) in [5, 5.41) is 3.17. The molecule has 2 rings (SSSR count). The second-order valence-corrected chi connectivity index (χ2v) is 5.28. The molecular formula is C13H18ClFN2OS. The largest absolute Gasteiger partial charge is 0.337 e. The second-order valence-electron chi connectivity index (χ2n) is 4.25. The van der Waals surface area contributed by atoms with Crippen molar-refractivity contribution in [2.45, 2.75) is 19.5 Å². The van der Waals surface area contributed by atoms with Crippen LogP contribution in [0.2, 0.25) is 0 Å². The molecule has 0 spiro atoms. The van der Waals surface area contributed by atoms with Gasteiger partial charge in [-0.3, -0.25) is 10.1 Å². The van der Waals surface area contributed by atoms with Crippen molar-refractivity contribution < 1.29 is 9.18 Å². The summed E-state index contributed by atoms with van der Waals surface area (Å²) in [6, 6.07) is 6.31. The van der Waals surface area contributed by atoms with Crippen LogP contribution in [-0.4, -0.2) is 35.0 Å². The average Bonchev–Trinajstić information content (AvgIpc) is 2.89. The summed E-state index contributed by atoms with van der Waals surface area (Å²) >= 11 is 1.73. The molecule has 1 aromatic carbocycles. The summed E-state index contributed by atoms with van der Waals surface area (Å²) in [7, 11) is 0. The monoisotopic (exact) mass is 304 g/mol. The van der Waals surface area contributed by atoms with Gasteiger partial charge in [0.1, 0.15) is 5.82 Å². The van der Waals surface area contributed by atoms with Crippen LogP contribution in [0, 0.1) is 5.82 Å². The Kier molecular flexibility index (Phi) is 6.62. The van der Waals surface area contributed by atoms with Gasteiger partial charge in [-0.05, 0) is 24.6 Å². The maximum atomic E-state index is 13.1. The number of hydrogen-bond donors (Lipinski definition) is 1. The van der Waals surface area contributed by atoms with Crippen LogP contribution in [0.5, 0.6) is 0 Å². The minimum atomic E-state index is -0.259. The van der Waals surface area contributed by atoms with E-state index in [9.17, 15) is 9.18 Å². The van der Waals surface area contributed by atoms with E-state index < -0.39 is 0 Å². The van der Waals surface area contributed by atoms with Crippen molar-refractivity contribution in [1.82, 2.24) is 10.2 Å². The van der Waals surface area contributed by atoms with Gasteiger partial charge in [-0.2, -0.15) is 0 Å². The van der Waals surface area contributed by atoms with Crippen molar-refractivity contribution >= 4 is 30.1 Å². The van der Waals surface area contributed by atoms with Gasteiger partial charge < -0.3 is 4.90 Å². The van der Waals surface area contributed by atoms with E-state index in [1.807, 2.05) is 13.0 Å². The molecule has 19 heavy (non-hydrogen) atoms. The van der Waals surface area contributed by atoms with Crippen LogP contribution in [0.15, 0.2) is 24.3 Å². The quantitative estimate of drug-likeness (QED) is 0.926. The summed E-state index contributed by atoms with van der Waals surface area (Å²) in [5.41, 5.74) is 0.829. The molecule has 1 fully saturated rings. The molecule has 1 saturated heterocycles. The Hall–Kier alpha value is -0.780. The summed E-state index contributed by atoms with van der Waals surface area (Å²) in [5.74, 6) is 1.49. The van der Waals surface area contributed by atoms with Gasteiger partial charge >= 0.3 is 0 Å². The number of amides is 1. The number of benzene rings is 1. The zero-order valence-corrected chi connectivity index (χ0v) is 12.4. The smallest absolute Gasteiger partial charge is 0.240 e. The number of carbonyl (C=O) groups excluding carboxylic acids is 1. The van der Waals surface area contributed by atoms with Gasteiger partial charge in [0.15, 0.2) is 0 Å². The molecule has 3 nitrogen and oxygen atoms in total. The third-order valence-electron chi connectivity index (χ3n) is 2.97. The lowest BCUT2D eigenvalue weighted by Crippen LogP contribution is -2.44. The van der Waals surface area contributed by atoms with E-state index in [4.69, 9.17) is 0 Å². The first-order valence-corrected chi connectivity index (χ1v) is 7.20. The van der Waals surface area contributed by atoms with E-state index in [0.717, 1.165) is 17.2 Å². The van der Waals surface area contributed by atoms with Crippen molar-refractivity contribution in [2.75, 3.05) is 18.2 Å². The minimum absolute atomic E-state index is 0. The molecule has 0 saturated carbocycles. The fourth-order valence-corrected chi connectivity index (χ4v) is 2.91. The van der Waals surface area contributed by atoms with Gasteiger partial charge in [-0.1, -0.05) is 12.1 Å². The molecule has 0 bridgehead atoms. The summed E-state index contributed by atoms with van der Waals surface area (Å²) in [6.45, 7) is 3.05. The zero-order chi connectivity index (χ0) is 13.0. The molecule has 1 aliphatic heterocycles. The van der Waals surface area contributed by atoms with Crippen LogP contribution in [0.25, 0.3) is 0 Å².